The Kier molecular flexibility index (Phi) is 7.58. The molecule has 2 unspecified atom stereocenters. The number of aryl methyl sites for hydroxylation is 1. The van der Waals surface area contributed by atoms with Crippen molar-refractivity contribution in [3.63, 3.8) is 0 Å². The van der Waals surface area contributed by atoms with Gasteiger partial charge in [-0.3, -0.25) is 9.69 Å². The molecule has 0 saturated carbocycles. The molecule has 1 saturated heterocycles. The van der Waals surface area contributed by atoms with E-state index < -0.39 is 5.91 Å². The lowest BCUT2D eigenvalue weighted by Gasteiger charge is -2.39. The molecule has 1 aliphatic rings. The van der Waals surface area contributed by atoms with Crippen LogP contribution < -0.4 is 10.6 Å². The van der Waals surface area contributed by atoms with Gasteiger partial charge < -0.3 is 15.4 Å². The summed E-state index contributed by atoms with van der Waals surface area (Å²) in [5, 5.41) is 0. The van der Waals surface area contributed by atoms with E-state index in [2.05, 4.69) is 36.8 Å². The zero-order valence-electron chi connectivity index (χ0n) is 17.2. The first-order valence-electron chi connectivity index (χ1n) is 10.0. The van der Waals surface area contributed by atoms with E-state index in [1.165, 1.54) is 5.56 Å². The molecule has 1 amide bonds. The van der Waals surface area contributed by atoms with Crippen LogP contribution in [0.15, 0.2) is 43.5 Å². The first-order chi connectivity index (χ1) is 13.4. The smallest absolute Gasteiger partial charge is 0.248 e. The molecule has 1 aliphatic heterocycles. The minimum absolute atomic E-state index is 0.0126. The number of hydrogen-bond donors (Lipinski definition) is 1. The Balaban J connectivity index is 2.49. The van der Waals surface area contributed by atoms with E-state index >= 15 is 0 Å². The number of primary amides is 1. The highest BCUT2D eigenvalue weighted by Crippen LogP contribution is 2.35. The third-order valence-electron chi connectivity index (χ3n) is 5.77. The Morgan fingerprint density at radius 1 is 1.36 bits per heavy atom. The van der Waals surface area contributed by atoms with Crippen molar-refractivity contribution in [1.82, 2.24) is 4.90 Å². The Bertz CT molecular complexity index is 731. The second-order valence-electron chi connectivity index (χ2n) is 7.78. The summed E-state index contributed by atoms with van der Waals surface area (Å²) in [6, 6.07) is 5.76. The van der Waals surface area contributed by atoms with Gasteiger partial charge in [-0.25, -0.2) is 0 Å². The highest BCUT2D eigenvalue weighted by molar-refractivity contribution is 5.94. The molecule has 0 spiro atoms. The van der Waals surface area contributed by atoms with Gasteiger partial charge in [0.15, 0.2) is 0 Å². The van der Waals surface area contributed by atoms with Gasteiger partial charge in [-0.2, -0.15) is 0 Å². The Morgan fingerprint density at radius 3 is 2.68 bits per heavy atom. The van der Waals surface area contributed by atoms with Crippen LogP contribution in [0.5, 0.6) is 0 Å². The molecule has 1 heterocycles. The number of unbranched alkanes of at least 4 members (excludes halogenated alkanes) is 1. The van der Waals surface area contributed by atoms with Crippen molar-refractivity contribution >= 4 is 17.9 Å². The number of amides is 1. The average Bonchev–Trinajstić information content (AvgIpc) is 2.83. The molecule has 0 aromatic heterocycles. The van der Waals surface area contributed by atoms with Crippen molar-refractivity contribution in [3.05, 3.63) is 54.6 Å². The molecule has 5 nitrogen and oxygen atoms in total. The summed E-state index contributed by atoms with van der Waals surface area (Å²) in [5.74, 6) is -0.420. The summed E-state index contributed by atoms with van der Waals surface area (Å²) in [6.07, 6.45) is 7.95. The van der Waals surface area contributed by atoms with Crippen LogP contribution in [-0.2, 0) is 11.2 Å². The summed E-state index contributed by atoms with van der Waals surface area (Å²) in [6.45, 7) is 15.0. The van der Waals surface area contributed by atoms with E-state index in [1.807, 2.05) is 30.4 Å². The molecule has 0 radical (unpaired) electrons. The molecule has 0 bridgehead atoms. The topological polar surface area (TPSA) is 66.6 Å². The van der Waals surface area contributed by atoms with E-state index in [-0.39, 0.29) is 11.5 Å². The Hall–Kier alpha value is -2.40. The molecule has 2 N–H and O–H groups in total. The van der Waals surface area contributed by atoms with Gasteiger partial charge >= 0.3 is 0 Å². The largest absolute Gasteiger partial charge is 0.369 e. The number of hydrogen-bond acceptors (Lipinski definition) is 4. The molecule has 1 aromatic carbocycles. The van der Waals surface area contributed by atoms with Crippen molar-refractivity contribution in [2.75, 3.05) is 31.1 Å². The maximum atomic E-state index is 11.8. The fourth-order valence-electron chi connectivity index (χ4n) is 4.09. The molecule has 5 heteroatoms. The van der Waals surface area contributed by atoms with Gasteiger partial charge in [0.1, 0.15) is 6.29 Å². The predicted octanol–water partition coefficient (Wildman–Crippen LogP) is 3.20. The minimum Gasteiger partial charge on any atom is -0.369 e. The lowest BCUT2D eigenvalue weighted by Crippen LogP contribution is -2.46. The number of benzene rings is 1. The van der Waals surface area contributed by atoms with Crippen molar-refractivity contribution in [2.24, 2.45) is 11.1 Å². The molecular formula is C23H33N3O2. The summed E-state index contributed by atoms with van der Waals surface area (Å²) >= 11 is 0. The summed E-state index contributed by atoms with van der Waals surface area (Å²) in [7, 11) is 0. The van der Waals surface area contributed by atoms with Gasteiger partial charge in [0.05, 0.1) is 6.54 Å². The number of carbonyl (C=O) groups excluding carboxylic acids is 2. The number of anilines is 1. The van der Waals surface area contributed by atoms with Crippen LogP contribution in [0, 0.1) is 5.41 Å². The van der Waals surface area contributed by atoms with E-state index in [0.29, 0.717) is 12.1 Å². The molecule has 0 aliphatic carbocycles. The molecule has 1 aromatic rings. The van der Waals surface area contributed by atoms with Gasteiger partial charge in [-0.1, -0.05) is 38.5 Å². The SMILES string of the molecule is C=CC1N(CC=O)CCN(c2cc(C(N)=O)ccc2CCCC)CC1(C)C=C. The number of nitrogens with zero attached hydrogens (tertiary/aromatic N) is 2. The fraction of sp³-hybridized carbons (Fsp3) is 0.478. The standard InChI is InChI=1S/C23H33N3O2/c1-5-8-9-18-10-11-19(22(24)28)16-20(18)26-13-12-25(14-15-27)21(6-2)23(4,7-3)17-26/h6-7,10-11,15-16,21H,2-3,5,8-9,12-14,17H2,1,4H3,(H2,24,28). The predicted molar refractivity (Wildman–Crippen MR) is 116 cm³/mol. The van der Waals surface area contributed by atoms with Gasteiger partial charge in [0.2, 0.25) is 5.91 Å². The summed E-state index contributed by atoms with van der Waals surface area (Å²) in [4.78, 5) is 27.4. The third-order valence-corrected chi connectivity index (χ3v) is 5.77. The van der Waals surface area contributed by atoms with Crippen LogP contribution in [0.25, 0.3) is 0 Å². The zero-order chi connectivity index (χ0) is 20.7. The molecule has 2 atom stereocenters. The zero-order valence-corrected chi connectivity index (χ0v) is 17.2. The van der Waals surface area contributed by atoms with Crippen LogP contribution in [-0.4, -0.2) is 49.3 Å². The van der Waals surface area contributed by atoms with Crippen LogP contribution in [0.4, 0.5) is 5.69 Å². The van der Waals surface area contributed by atoms with Crippen molar-refractivity contribution in [3.8, 4) is 0 Å². The van der Waals surface area contributed by atoms with E-state index in [9.17, 15) is 9.59 Å². The van der Waals surface area contributed by atoms with Crippen LogP contribution in [0.1, 0.15) is 42.6 Å². The third kappa shape index (κ3) is 4.71. The normalized spacial score (nSPS) is 23.1. The Labute approximate surface area is 168 Å². The van der Waals surface area contributed by atoms with Gasteiger partial charge in [0.25, 0.3) is 0 Å². The molecular weight excluding hydrogens is 350 g/mol. The number of nitrogens with two attached hydrogens (primary N) is 1. The molecule has 152 valence electrons. The van der Waals surface area contributed by atoms with E-state index in [4.69, 9.17) is 5.73 Å². The second-order valence-corrected chi connectivity index (χ2v) is 7.78. The average molecular weight is 384 g/mol. The van der Waals surface area contributed by atoms with E-state index in [0.717, 1.165) is 50.9 Å². The van der Waals surface area contributed by atoms with Gasteiger partial charge in [-0.05, 0) is 30.5 Å². The number of rotatable bonds is 9. The second kappa shape index (κ2) is 9.69. The highest BCUT2D eigenvalue weighted by atomic mass is 16.1. The first-order valence-corrected chi connectivity index (χ1v) is 10.0. The van der Waals surface area contributed by atoms with Crippen LogP contribution in [0.2, 0.25) is 0 Å². The summed E-state index contributed by atoms with van der Waals surface area (Å²) in [5.41, 5.74) is 8.05. The van der Waals surface area contributed by atoms with Crippen LogP contribution in [0.3, 0.4) is 0 Å². The van der Waals surface area contributed by atoms with Gasteiger partial charge in [0, 0.05) is 42.3 Å². The van der Waals surface area contributed by atoms with Crippen molar-refractivity contribution in [2.45, 2.75) is 39.2 Å². The summed E-state index contributed by atoms with van der Waals surface area (Å²) < 4.78 is 0. The maximum Gasteiger partial charge on any atom is 0.248 e. The fourth-order valence-corrected chi connectivity index (χ4v) is 4.09. The lowest BCUT2D eigenvalue weighted by molar-refractivity contribution is -0.109. The Morgan fingerprint density at radius 2 is 2.11 bits per heavy atom. The highest BCUT2D eigenvalue weighted by Gasteiger charge is 2.38. The molecule has 2 rings (SSSR count). The van der Waals surface area contributed by atoms with Gasteiger partial charge in [-0.15, -0.1) is 13.2 Å². The van der Waals surface area contributed by atoms with Crippen molar-refractivity contribution < 1.29 is 9.59 Å². The first kappa shape index (κ1) is 21.9. The molecule has 1 fully saturated rings. The number of aldehydes is 1. The monoisotopic (exact) mass is 383 g/mol. The van der Waals surface area contributed by atoms with E-state index in [1.54, 1.807) is 0 Å². The maximum absolute atomic E-state index is 11.8. The quantitative estimate of drug-likeness (QED) is 0.525. The van der Waals surface area contributed by atoms with Crippen LogP contribution >= 0.6 is 0 Å². The minimum atomic E-state index is -0.420. The molecule has 28 heavy (non-hydrogen) atoms. The lowest BCUT2D eigenvalue weighted by atomic mass is 9.81. The number of carbonyl (C=O) groups is 2. The van der Waals surface area contributed by atoms with Crippen molar-refractivity contribution in [1.29, 1.82) is 0 Å².